The number of carbonyl (C=O) groups is 1. The van der Waals surface area contributed by atoms with Gasteiger partial charge in [-0.2, -0.15) is 5.10 Å². The lowest BCUT2D eigenvalue weighted by molar-refractivity contribution is 0.0772. The molecule has 20 heavy (non-hydrogen) atoms. The molecule has 1 fully saturated rings. The normalized spacial score (nSPS) is 18.2. The van der Waals surface area contributed by atoms with E-state index >= 15 is 0 Å². The van der Waals surface area contributed by atoms with E-state index in [1.54, 1.807) is 23.2 Å². The highest BCUT2D eigenvalue weighted by Gasteiger charge is 2.28. The van der Waals surface area contributed by atoms with Gasteiger partial charge in [-0.3, -0.25) is 9.89 Å². The van der Waals surface area contributed by atoms with Gasteiger partial charge in [-0.15, -0.1) is 0 Å². The summed E-state index contributed by atoms with van der Waals surface area (Å²) in [7, 11) is 0. The number of benzene rings is 1. The first-order chi connectivity index (χ1) is 9.72. The molecule has 1 aromatic heterocycles. The molecule has 0 aliphatic carbocycles. The van der Waals surface area contributed by atoms with Crippen LogP contribution in [0.15, 0.2) is 36.7 Å². The van der Waals surface area contributed by atoms with Crippen molar-refractivity contribution in [1.82, 2.24) is 15.1 Å². The number of aromatic nitrogens is 2. The number of amides is 1. The number of likely N-dealkylation sites (tertiary alicyclic amines) is 1. The van der Waals surface area contributed by atoms with Crippen LogP contribution in [-0.2, 0) is 0 Å². The van der Waals surface area contributed by atoms with Gasteiger partial charge in [0, 0.05) is 24.2 Å². The number of hydrogen-bond donors (Lipinski definition) is 1. The van der Waals surface area contributed by atoms with E-state index in [1.807, 2.05) is 12.1 Å². The van der Waals surface area contributed by atoms with Crippen molar-refractivity contribution >= 4 is 17.5 Å². The molecule has 1 aromatic carbocycles. The number of carbonyl (C=O) groups excluding carboxylic acids is 1. The van der Waals surface area contributed by atoms with Gasteiger partial charge in [0.1, 0.15) is 11.9 Å². The lowest BCUT2D eigenvalue weighted by Gasteiger charge is -2.16. The monoisotopic (exact) mass is 291 g/mol. The quantitative estimate of drug-likeness (QED) is 0.944. The van der Waals surface area contributed by atoms with Gasteiger partial charge in [0.2, 0.25) is 0 Å². The van der Waals surface area contributed by atoms with Gasteiger partial charge in [-0.1, -0.05) is 17.7 Å². The third-order valence-corrected chi connectivity index (χ3v) is 3.51. The minimum Gasteiger partial charge on any atom is -0.488 e. The van der Waals surface area contributed by atoms with Crippen molar-refractivity contribution in [2.45, 2.75) is 12.5 Å². The maximum Gasteiger partial charge on any atom is 0.257 e. The average Bonchev–Trinajstić information content (AvgIpc) is 3.09. The van der Waals surface area contributed by atoms with Crippen molar-refractivity contribution in [2.24, 2.45) is 0 Å². The molecular formula is C14H14ClN3O2. The maximum atomic E-state index is 12.1. The molecule has 1 N–H and O–H groups in total. The Morgan fingerprint density at radius 3 is 3.15 bits per heavy atom. The van der Waals surface area contributed by atoms with Gasteiger partial charge in [0.05, 0.1) is 18.3 Å². The van der Waals surface area contributed by atoms with Gasteiger partial charge < -0.3 is 9.64 Å². The van der Waals surface area contributed by atoms with Crippen LogP contribution >= 0.6 is 11.6 Å². The van der Waals surface area contributed by atoms with Gasteiger partial charge >= 0.3 is 0 Å². The zero-order valence-electron chi connectivity index (χ0n) is 10.8. The molecule has 6 heteroatoms. The van der Waals surface area contributed by atoms with Crippen LogP contribution in [0.3, 0.4) is 0 Å². The highest BCUT2D eigenvalue weighted by molar-refractivity contribution is 6.30. The number of aromatic amines is 1. The number of rotatable bonds is 3. The van der Waals surface area contributed by atoms with Crippen molar-refractivity contribution in [2.75, 3.05) is 13.1 Å². The van der Waals surface area contributed by atoms with Crippen LogP contribution < -0.4 is 4.74 Å². The fourth-order valence-electron chi connectivity index (χ4n) is 2.29. The fourth-order valence-corrected chi connectivity index (χ4v) is 2.47. The summed E-state index contributed by atoms with van der Waals surface area (Å²) in [6, 6.07) is 7.30. The first-order valence-corrected chi connectivity index (χ1v) is 6.80. The molecule has 1 aliphatic rings. The summed E-state index contributed by atoms with van der Waals surface area (Å²) < 4.78 is 5.85. The van der Waals surface area contributed by atoms with Crippen molar-refractivity contribution in [3.63, 3.8) is 0 Å². The SMILES string of the molecule is O=C(c1cn[nH]c1)N1CCC(Oc2cccc(Cl)c2)C1. The standard InChI is InChI=1S/C14H14ClN3O2/c15-11-2-1-3-12(6-11)20-13-4-5-18(9-13)14(19)10-7-16-17-8-10/h1-3,6-8,13H,4-5,9H2,(H,16,17). The Bertz CT molecular complexity index is 600. The molecule has 0 bridgehead atoms. The van der Waals surface area contributed by atoms with Gasteiger partial charge in [0.15, 0.2) is 0 Å². The van der Waals surface area contributed by atoms with E-state index in [2.05, 4.69) is 10.2 Å². The van der Waals surface area contributed by atoms with E-state index in [4.69, 9.17) is 16.3 Å². The highest BCUT2D eigenvalue weighted by Crippen LogP contribution is 2.22. The number of hydrogen-bond acceptors (Lipinski definition) is 3. The Hall–Kier alpha value is -2.01. The zero-order valence-corrected chi connectivity index (χ0v) is 11.5. The van der Waals surface area contributed by atoms with Crippen LogP contribution in [0.2, 0.25) is 5.02 Å². The van der Waals surface area contributed by atoms with Crippen LogP contribution in [0.4, 0.5) is 0 Å². The molecule has 1 amide bonds. The summed E-state index contributed by atoms with van der Waals surface area (Å²) in [4.78, 5) is 13.9. The lowest BCUT2D eigenvalue weighted by Crippen LogP contribution is -2.30. The second kappa shape index (κ2) is 5.54. The van der Waals surface area contributed by atoms with Crippen molar-refractivity contribution in [3.05, 3.63) is 47.2 Å². The van der Waals surface area contributed by atoms with E-state index in [9.17, 15) is 4.79 Å². The first-order valence-electron chi connectivity index (χ1n) is 6.42. The summed E-state index contributed by atoms with van der Waals surface area (Å²) in [6.45, 7) is 1.27. The Morgan fingerprint density at radius 2 is 2.40 bits per heavy atom. The second-order valence-corrected chi connectivity index (χ2v) is 5.16. The number of H-pyrrole nitrogens is 1. The number of nitrogens with zero attached hydrogens (tertiary/aromatic N) is 2. The molecule has 5 nitrogen and oxygen atoms in total. The topological polar surface area (TPSA) is 58.2 Å². The molecule has 1 saturated heterocycles. The Balaban J connectivity index is 1.61. The van der Waals surface area contributed by atoms with E-state index in [1.165, 1.54) is 6.20 Å². The highest BCUT2D eigenvalue weighted by atomic mass is 35.5. The summed E-state index contributed by atoms with van der Waals surface area (Å²) in [5.41, 5.74) is 0.577. The Kier molecular flexibility index (Phi) is 3.60. The molecule has 1 unspecified atom stereocenters. The molecule has 3 rings (SSSR count). The van der Waals surface area contributed by atoms with Crippen LogP contribution in [0.1, 0.15) is 16.8 Å². The molecule has 0 spiro atoms. The zero-order chi connectivity index (χ0) is 13.9. The number of halogens is 1. The minimum atomic E-state index is -0.0176. The molecule has 0 radical (unpaired) electrons. The third kappa shape index (κ3) is 2.77. The number of ether oxygens (including phenoxy) is 1. The Morgan fingerprint density at radius 1 is 1.50 bits per heavy atom. The molecule has 2 aromatic rings. The Labute approximate surface area is 121 Å². The molecule has 104 valence electrons. The third-order valence-electron chi connectivity index (χ3n) is 3.28. The first kappa shape index (κ1) is 13.0. The molecule has 1 aliphatic heterocycles. The summed E-state index contributed by atoms with van der Waals surface area (Å²) in [5.74, 6) is 0.719. The summed E-state index contributed by atoms with van der Waals surface area (Å²) in [5, 5.41) is 7.09. The predicted molar refractivity (Wildman–Crippen MR) is 75.0 cm³/mol. The van der Waals surface area contributed by atoms with Gasteiger partial charge in [-0.25, -0.2) is 0 Å². The van der Waals surface area contributed by atoms with Gasteiger partial charge in [-0.05, 0) is 18.2 Å². The largest absolute Gasteiger partial charge is 0.488 e. The van der Waals surface area contributed by atoms with E-state index in [0.29, 0.717) is 23.7 Å². The van der Waals surface area contributed by atoms with E-state index in [0.717, 1.165) is 12.2 Å². The van der Waals surface area contributed by atoms with Crippen LogP contribution in [0.5, 0.6) is 5.75 Å². The molecule has 0 saturated carbocycles. The second-order valence-electron chi connectivity index (χ2n) is 4.72. The van der Waals surface area contributed by atoms with Crippen molar-refractivity contribution in [1.29, 1.82) is 0 Å². The molecule has 2 heterocycles. The van der Waals surface area contributed by atoms with E-state index in [-0.39, 0.29) is 12.0 Å². The van der Waals surface area contributed by atoms with Crippen LogP contribution in [-0.4, -0.2) is 40.2 Å². The smallest absolute Gasteiger partial charge is 0.257 e. The van der Waals surface area contributed by atoms with Crippen LogP contribution in [0, 0.1) is 0 Å². The average molecular weight is 292 g/mol. The lowest BCUT2D eigenvalue weighted by atomic mass is 10.3. The van der Waals surface area contributed by atoms with Crippen LogP contribution in [0.25, 0.3) is 0 Å². The van der Waals surface area contributed by atoms with Gasteiger partial charge in [0.25, 0.3) is 5.91 Å². The molecular weight excluding hydrogens is 278 g/mol. The fraction of sp³-hybridized carbons (Fsp3) is 0.286. The number of nitrogens with one attached hydrogen (secondary N) is 1. The minimum absolute atomic E-state index is 0.00400. The van der Waals surface area contributed by atoms with E-state index < -0.39 is 0 Å². The van der Waals surface area contributed by atoms with Crippen molar-refractivity contribution < 1.29 is 9.53 Å². The maximum absolute atomic E-state index is 12.1. The van der Waals surface area contributed by atoms with Crippen molar-refractivity contribution in [3.8, 4) is 5.75 Å². The molecule has 1 atom stereocenters. The summed E-state index contributed by atoms with van der Waals surface area (Å²) in [6.07, 6.45) is 3.96. The predicted octanol–water partition coefficient (Wildman–Crippen LogP) is 2.36. The summed E-state index contributed by atoms with van der Waals surface area (Å²) >= 11 is 5.92.